The standard InChI is InChI=1S/C26H25BrN2O5/c1-14-5-4-6-19-23(14)25(32)29(24(19)31)18-9-7-17(8-10-18)26(33)34-13-22(30)28-21-12-15(2)20(27)11-16(21)3/h4-5,7-12,14,19,23H,6,13H2,1-3H3,(H,28,30)/t14-,19-,23+/m1/s1. The second kappa shape index (κ2) is 9.54. The van der Waals surface area contributed by atoms with Crippen LogP contribution in [0.3, 0.4) is 0 Å². The Morgan fingerprint density at radius 1 is 1.09 bits per heavy atom. The molecular formula is C26H25BrN2O5. The lowest BCUT2D eigenvalue weighted by atomic mass is 9.78. The minimum atomic E-state index is -0.670. The van der Waals surface area contributed by atoms with E-state index < -0.39 is 18.5 Å². The van der Waals surface area contributed by atoms with Crippen LogP contribution in [0.2, 0.25) is 0 Å². The topological polar surface area (TPSA) is 92.8 Å². The van der Waals surface area contributed by atoms with Gasteiger partial charge in [0, 0.05) is 10.2 Å². The summed E-state index contributed by atoms with van der Waals surface area (Å²) < 4.78 is 6.08. The number of rotatable bonds is 5. The van der Waals surface area contributed by atoms with E-state index in [-0.39, 0.29) is 35.1 Å². The molecule has 7 nitrogen and oxygen atoms in total. The molecule has 0 bridgehead atoms. The second-order valence-electron chi connectivity index (χ2n) is 8.75. The molecule has 2 aromatic carbocycles. The summed E-state index contributed by atoms with van der Waals surface area (Å²) in [5.74, 6) is -2.23. The van der Waals surface area contributed by atoms with E-state index in [0.29, 0.717) is 17.8 Å². The van der Waals surface area contributed by atoms with E-state index in [4.69, 9.17) is 4.74 Å². The molecule has 34 heavy (non-hydrogen) atoms. The SMILES string of the molecule is Cc1cc(NC(=O)COC(=O)c2ccc(N3C(=O)[C@H]4[C@H](C)C=CC[C@H]4C3=O)cc2)c(C)cc1Br. The average molecular weight is 525 g/mol. The fourth-order valence-corrected chi connectivity index (χ4v) is 4.92. The fourth-order valence-electron chi connectivity index (χ4n) is 4.46. The Kier molecular flexibility index (Phi) is 6.70. The third-order valence-corrected chi connectivity index (χ3v) is 7.20. The van der Waals surface area contributed by atoms with E-state index in [1.165, 1.54) is 17.0 Å². The Balaban J connectivity index is 1.37. The molecule has 0 saturated carbocycles. The van der Waals surface area contributed by atoms with Crippen LogP contribution >= 0.6 is 15.9 Å². The van der Waals surface area contributed by atoms with Crippen molar-refractivity contribution >= 4 is 51.0 Å². The molecule has 8 heteroatoms. The van der Waals surface area contributed by atoms with Crippen molar-refractivity contribution in [2.45, 2.75) is 27.2 Å². The monoisotopic (exact) mass is 524 g/mol. The zero-order valence-electron chi connectivity index (χ0n) is 19.1. The number of carbonyl (C=O) groups excluding carboxylic acids is 4. The molecule has 3 amide bonds. The first-order chi connectivity index (χ1) is 16.2. The Morgan fingerprint density at radius 3 is 2.47 bits per heavy atom. The lowest BCUT2D eigenvalue weighted by molar-refractivity contribution is -0.123. The summed E-state index contributed by atoms with van der Waals surface area (Å²) >= 11 is 3.45. The van der Waals surface area contributed by atoms with Gasteiger partial charge in [0.05, 0.1) is 23.1 Å². The predicted molar refractivity (Wildman–Crippen MR) is 131 cm³/mol. The summed E-state index contributed by atoms with van der Waals surface area (Å²) in [6, 6.07) is 9.82. The smallest absolute Gasteiger partial charge is 0.338 e. The number of carbonyl (C=O) groups is 4. The number of benzene rings is 2. The van der Waals surface area contributed by atoms with Crippen LogP contribution in [0.25, 0.3) is 0 Å². The molecule has 4 rings (SSSR count). The zero-order valence-corrected chi connectivity index (χ0v) is 20.7. The van der Waals surface area contributed by atoms with E-state index in [1.807, 2.05) is 45.1 Å². The highest BCUT2D eigenvalue weighted by molar-refractivity contribution is 9.10. The number of amides is 3. The Morgan fingerprint density at radius 2 is 1.79 bits per heavy atom. The molecule has 0 aromatic heterocycles. The van der Waals surface area contributed by atoms with Crippen LogP contribution in [0, 0.1) is 31.6 Å². The quantitative estimate of drug-likeness (QED) is 0.351. The number of esters is 1. The van der Waals surface area contributed by atoms with E-state index in [0.717, 1.165) is 15.6 Å². The van der Waals surface area contributed by atoms with Crippen molar-refractivity contribution in [3.8, 4) is 0 Å². The van der Waals surface area contributed by atoms with Crippen LogP contribution in [-0.2, 0) is 19.1 Å². The van der Waals surface area contributed by atoms with E-state index >= 15 is 0 Å². The predicted octanol–water partition coefficient (Wildman–Crippen LogP) is 4.56. The van der Waals surface area contributed by atoms with Crippen LogP contribution in [0.1, 0.15) is 34.8 Å². The van der Waals surface area contributed by atoms with Gasteiger partial charge in [-0.05, 0) is 73.7 Å². The first-order valence-electron chi connectivity index (χ1n) is 11.1. The van der Waals surface area contributed by atoms with Crippen molar-refractivity contribution < 1.29 is 23.9 Å². The molecule has 3 atom stereocenters. The largest absolute Gasteiger partial charge is 0.452 e. The minimum absolute atomic E-state index is 0.00529. The highest BCUT2D eigenvalue weighted by Gasteiger charge is 2.50. The lowest BCUT2D eigenvalue weighted by Crippen LogP contribution is -2.31. The number of ether oxygens (including phenoxy) is 1. The number of hydrogen-bond donors (Lipinski definition) is 1. The first kappa shape index (κ1) is 23.9. The summed E-state index contributed by atoms with van der Waals surface area (Å²) in [4.78, 5) is 51.6. The van der Waals surface area contributed by atoms with Crippen LogP contribution in [0.15, 0.2) is 53.0 Å². The van der Waals surface area contributed by atoms with Gasteiger partial charge in [0.2, 0.25) is 11.8 Å². The number of halogens is 1. The Labute approximate surface area is 206 Å². The van der Waals surface area contributed by atoms with Gasteiger partial charge in [0.1, 0.15) is 0 Å². The number of nitrogens with one attached hydrogen (secondary N) is 1. The molecule has 1 fully saturated rings. The highest BCUT2D eigenvalue weighted by atomic mass is 79.9. The molecule has 0 unspecified atom stereocenters. The number of hydrogen-bond acceptors (Lipinski definition) is 5. The molecule has 1 N–H and O–H groups in total. The molecule has 0 radical (unpaired) electrons. The Hall–Kier alpha value is -3.26. The molecule has 0 spiro atoms. The van der Waals surface area contributed by atoms with Gasteiger partial charge in [-0.3, -0.25) is 19.3 Å². The average Bonchev–Trinajstić information content (AvgIpc) is 3.07. The summed E-state index contributed by atoms with van der Waals surface area (Å²) in [6.07, 6.45) is 4.49. The van der Waals surface area contributed by atoms with Gasteiger partial charge < -0.3 is 10.1 Å². The highest BCUT2D eigenvalue weighted by Crippen LogP contribution is 2.40. The van der Waals surface area contributed by atoms with E-state index in [2.05, 4.69) is 21.2 Å². The summed E-state index contributed by atoms with van der Waals surface area (Å²) in [5, 5.41) is 2.75. The summed E-state index contributed by atoms with van der Waals surface area (Å²) in [6.45, 7) is 5.29. The number of aryl methyl sites for hydroxylation is 2. The van der Waals surface area contributed by atoms with Gasteiger partial charge in [-0.25, -0.2) is 4.79 Å². The summed E-state index contributed by atoms with van der Waals surface area (Å²) in [5.41, 5.74) is 3.14. The fraction of sp³-hybridized carbons (Fsp3) is 0.308. The lowest BCUT2D eigenvalue weighted by Gasteiger charge is -2.22. The minimum Gasteiger partial charge on any atom is -0.452 e. The second-order valence-corrected chi connectivity index (χ2v) is 9.61. The van der Waals surface area contributed by atoms with E-state index in [9.17, 15) is 19.2 Å². The van der Waals surface area contributed by atoms with Gasteiger partial charge in [0.25, 0.3) is 5.91 Å². The van der Waals surface area contributed by atoms with Crippen molar-refractivity contribution in [2.75, 3.05) is 16.8 Å². The van der Waals surface area contributed by atoms with Crippen molar-refractivity contribution in [1.29, 1.82) is 0 Å². The molecule has 1 heterocycles. The summed E-state index contributed by atoms with van der Waals surface area (Å²) in [7, 11) is 0. The maximum absolute atomic E-state index is 12.9. The molecule has 2 aromatic rings. The maximum atomic E-state index is 12.9. The van der Waals surface area contributed by atoms with Crippen LogP contribution in [0.5, 0.6) is 0 Å². The third-order valence-electron chi connectivity index (χ3n) is 6.35. The molecule has 1 aliphatic heterocycles. The molecule has 1 aliphatic carbocycles. The van der Waals surface area contributed by atoms with Crippen molar-refractivity contribution in [3.63, 3.8) is 0 Å². The normalized spacial score (nSPS) is 21.4. The van der Waals surface area contributed by atoms with Crippen molar-refractivity contribution in [3.05, 3.63) is 69.7 Å². The van der Waals surface area contributed by atoms with Crippen LogP contribution in [-0.4, -0.2) is 30.3 Å². The van der Waals surface area contributed by atoms with Crippen LogP contribution in [0.4, 0.5) is 11.4 Å². The molecule has 2 aliphatic rings. The molecule has 176 valence electrons. The number of anilines is 2. The van der Waals surface area contributed by atoms with Gasteiger partial charge in [0.15, 0.2) is 6.61 Å². The number of allylic oxidation sites excluding steroid dienone is 2. The number of nitrogens with zero attached hydrogens (tertiary/aromatic N) is 1. The van der Waals surface area contributed by atoms with E-state index in [1.54, 1.807) is 12.1 Å². The number of imide groups is 1. The van der Waals surface area contributed by atoms with Gasteiger partial charge >= 0.3 is 5.97 Å². The van der Waals surface area contributed by atoms with Crippen molar-refractivity contribution in [1.82, 2.24) is 0 Å². The first-order valence-corrected chi connectivity index (χ1v) is 11.8. The zero-order chi connectivity index (χ0) is 24.6. The third kappa shape index (κ3) is 4.55. The number of fused-ring (bicyclic) bond motifs is 1. The van der Waals surface area contributed by atoms with Crippen LogP contribution < -0.4 is 10.2 Å². The maximum Gasteiger partial charge on any atom is 0.338 e. The Bertz CT molecular complexity index is 1200. The molecular weight excluding hydrogens is 500 g/mol. The molecule has 1 saturated heterocycles. The van der Waals surface area contributed by atoms with Gasteiger partial charge in [-0.1, -0.05) is 35.0 Å². The van der Waals surface area contributed by atoms with Crippen molar-refractivity contribution in [2.24, 2.45) is 17.8 Å². The van der Waals surface area contributed by atoms with Gasteiger partial charge in [-0.2, -0.15) is 0 Å². The van der Waals surface area contributed by atoms with Gasteiger partial charge in [-0.15, -0.1) is 0 Å².